The number of carbonyl (C=O) groups is 4. The Labute approximate surface area is 334 Å². The molecule has 4 amide bonds. The first-order valence-electron chi connectivity index (χ1n) is 20.5. The molecule has 0 bridgehead atoms. The summed E-state index contributed by atoms with van der Waals surface area (Å²) in [6, 6.07) is 14.3. The van der Waals surface area contributed by atoms with Crippen molar-refractivity contribution < 1.29 is 19.2 Å². The molecule has 0 saturated carbocycles. The molecule has 6 N–H and O–H groups in total. The predicted molar refractivity (Wildman–Crippen MR) is 220 cm³/mol. The average molecular weight is 775 g/mol. The van der Waals surface area contributed by atoms with Gasteiger partial charge < -0.3 is 26.2 Å². The molecule has 0 radical (unpaired) electrons. The summed E-state index contributed by atoms with van der Waals surface area (Å²) in [5, 5.41) is 11.1. The normalized spacial score (nSPS) is 24.2. The fraction of sp³-hybridized carbons (Fsp3) is 0.488. The molecule has 14 heteroatoms. The second kappa shape index (κ2) is 15.9. The van der Waals surface area contributed by atoms with Crippen molar-refractivity contribution in [3.8, 4) is 0 Å². The zero-order chi connectivity index (χ0) is 40.0. The van der Waals surface area contributed by atoms with E-state index in [0.29, 0.717) is 57.7 Å². The molecule has 3 aromatic rings. The van der Waals surface area contributed by atoms with Crippen molar-refractivity contribution in [1.82, 2.24) is 25.0 Å². The quantitative estimate of drug-likeness (QED) is 0.142. The Bertz CT molecular complexity index is 2060. The summed E-state index contributed by atoms with van der Waals surface area (Å²) < 4.78 is 0. The number of rotatable bonds is 9. The van der Waals surface area contributed by atoms with Crippen molar-refractivity contribution >= 4 is 52.2 Å². The Morgan fingerprint density at radius 1 is 0.789 bits per heavy atom. The van der Waals surface area contributed by atoms with Gasteiger partial charge in [0.2, 0.25) is 11.8 Å². The maximum absolute atomic E-state index is 13.4. The van der Waals surface area contributed by atoms with Crippen LogP contribution in [0.5, 0.6) is 0 Å². The predicted octanol–water partition coefficient (Wildman–Crippen LogP) is 3.59. The van der Waals surface area contributed by atoms with Gasteiger partial charge in [-0.05, 0) is 119 Å². The molecule has 300 valence electrons. The number of nitrogens with two attached hydrogens (primary N) is 2. The number of imide groups is 2. The number of nitrogens with zero attached hydrogens (tertiary/aromatic N) is 6. The molecule has 4 fully saturated rings. The van der Waals surface area contributed by atoms with E-state index in [1.807, 2.05) is 18.2 Å². The molecule has 3 unspecified atom stereocenters. The van der Waals surface area contributed by atoms with E-state index < -0.39 is 23.8 Å². The number of benzene rings is 2. The van der Waals surface area contributed by atoms with Crippen LogP contribution in [0.25, 0.3) is 0 Å². The number of aromatic nitrogens is 1. The maximum Gasteiger partial charge on any atom is 0.262 e. The fourth-order valence-electron chi connectivity index (χ4n) is 9.64. The fourth-order valence-corrected chi connectivity index (χ4v) is 9.64. The van der Waals surface area contributed by atoms with Crippen LogP contribution in [0.2, 0.25) is 0 Å². The molecule has 14 nitrogen and oxygen atoms in total. The lowest BCUT2D eigenvalue weighted by Crippen LogP contribution is -2.58. The Kier molecular flexibility index (Phi) is 10.7. The molecule has 0 aliphatic carbocycles. The van der Waals surface area contributed by atoms with E-state index in [9.17, 15) is 19.2 Å². The van der Waals surface area contributed by atoms with Crippen molar-refractivity contribution in [1.29, 1.82) is 5.41 Å². The van der Waals surface area contributed by atoms with Gasteiger partial charge in [0.05, 0.1) is 16.8 Å². The van der Waals surface area contributed by atoms with Gasteiger partial charge in [-0.15, -0.1) is 0 Å². The van der Waals surface area contributed by atoms with Crippen LogP contribution < -0.4 is 26.6 Å². The van der Waals surface area contributed by atoms with E-state index in [1.54, 1.807) is 36.5 Å². The van der Waals surface area contributed by atoms with Crippen LogP contribution in [0.3, 0.4) is 0 Å². The van der Waals surface area contributed by atoms with E-state index in [0.717, 1.165) is 87.2 Å². The number of anilines is 4. The number of piperazine rings is 1. The Morgan fingerprint density at radius 2 is 1.47 bits per heavy atom. The summed E-state index contributed by atoms with van der Waals surface area (Å²) in [6.07, 6.45) is 6.58. The highest BCUT2D eigenvalue weighted by atomic mass is 16.2. The summed E-state index contributed by atoms with van der Waals surface area (Å²) in [5.41, 5.74) is 16.6. The van der Waals surface area contributed by atoms with Crippen LogP contribution in [0.15, 0.2) is 54.7 Å². The van der Waals surface area contributed by atoms with Gasteiger partial charge >= 0.3 is 0 Å². The van der Waals surface area contributed by atoms with Crippen LogP contribution in [-0.2, 0) is 9.59 Å². The Morgan fingerprint density at radius 3 is 2.19 bits per heavy atom. The van der Waals surface area contributed by atoms with Gasteiger partial charge in [-0.2, -0.15) is 0 Å². The number of likely N-dealkylation sites (tertiary alicyclic amines) is 1. The van der Waals surface area contributed by atoms with Crippen molar-refractivity contribution in [2.75, 3.05) is 73.6 Å². The van der Waals surface area contributed by atoms with Gasteiger partial charge in [0.25, 0.3) is 11.8 Å². The molecule has 57 heavy (non-hydrogen) atoms. The number of fused-ring (bicyclic) bond motifs is 1. The van der Waals surface area contributed by atoms with Crippen molar-refractivity contribution in [3.05, 3.63) is 77.0 Å². The van der Waals surface area contributed by atoms with E-state index in [2.05, 4.69) is 38.8 Å². The first-order chi connectivity index (χ1) is 27.4. The van der Waals surface area contributed by atoms with Crippen molar-refractivity contribution in [2.24, 2.45) is 11.8 Å². The summed E-state index contributed by atoms with van der Waals surface area (Å²) in [7, 11) is 0. The summed E-state index contributed by atoms with van der Waals surface area (Å²) in [4.78, 5) is 66.3. The first-order valence-corrected chi connectivity index (χ1v) is 20.5. The van der Waals surface area contributed by atoms with E-state index >= 15 is 0 Å². The van der Waals surface area contributed by atoms with Gasteiger partial charge in [-0.1, -0.05) is 0 Å². The number of amides is 4. The highest BCUT2D eigenvalue weighted by Crippen LogP contribution is 2.33. The minimum atomic E-state index is -0.957. The molecule has 2 aromatic carbocycles. The minimum absolute atomic E-state index is 0.104. The van der Waals surface area contributed by atoms with Crippen molar-refractivity contribution in [3.63, 3.8) is 0 Å². The molecule has 3 atom stereocenters. The zero-order valence-corrected chi connectivity index (χ0v) is 33.0. The molecule has 8 rings (SSSR count). The highest BCUT2D eigenvalue weighted by molar-refractivity contribution is 6.23. The van der Waals surface area contributed by atoms with Crippen LogP contribution >= 0.6 is 0 Å². The summed E-state index contributed by atoms with van der Waals surface area (Å²) >= 11 is 0. The topological polar surface area (TPSA) is 185 Å². The van der Waals surface area contributed by atoms with E-state index in [-0.39, 0.29) is 18.7 Å². The zero-order valence-electron chi connectivity index (χ0n) is 33.0. The third-order valence-electron chi connectivity index (χ3n) is 12.9. The Hall–Kier alpha value is -5.34. The summed E-state index contributed by atoms with van der Waals surface area (Å²) in [6.45, 7) is 12.6. The molecule has 5 aliphatic rings. The van der Waals surface area contributed by atoms with Crippen LogP contribution in [0.4, 0.5) is 22.9 Å². The molecular formula is C43H54N10O4. The Balaban J connectivity index is 0.790. The molecule has 1 aromatic heterocycles. The third-order valence-corrected chi connectivity index (χ3v) is 12.9. The number of pyridine rings is 1. The van der Waals surface area contributed by atoms with Crippen molar-refractivity contribution in [2.45, 2.75) is 70.5 Å². The number of nitrogens with one attached hydrogen (secondary N) is 2. The maximum atomic E-state index is 13.4. The second-order valence-electron chi connectivity index (χ2n) is 16.8. The van der Waals surface area contributed by atoms with Gasteiger partial charge in [0.15, 0.2) is 0 Å². The lowest BCUT2D eigenvalue weighted by molar-refractivity contribution is -0.136. The largest absolute Gasteiger partial charge is 0.399 e. The number of nitrogen functional groups attached to an aromatic ring is 2. The minimum Gasteiger partial charge on any atom is -0.399 e. The average Bonchev–Trinajstić information content (AvgIpc) is 3.45. The number of hydrogen-bond donors (Lipinski definition) is 4. The van der Waals surface area contributed by atoms with Gasteiger partial charge in [-0.3, -0.25) is 39.7 Å². The standard InChI is InChI=1S/C43H54N10O4/c1-26-22-51(38-19-30(9-14-47-38)40(46)35-20-31(44)3-6-36(35)45)23-27(2)52(26)25-29-10-15-49(16-11-29)24-28-12-17-50(18-13-28)32-4-5-33-34(21-32)43(57)53(42(33)56)37-7-8-39(54)48-41(37)55/h3-6,9,14,19-21,26-29,37,46H,7-8,10-13,15-18,22-25,44-45H2,1-2H3,(H,48,54,55). The van der Waals surface area contributed by atoms with E-state index in [4.69, 9.17) is 21.9 Å². The van der Waals surface area contributed by atoms with Gasteiger partial charge in [0, 0.05) is 92.2 Å². The molecule has 0 spiro atoms. The molecule has 6 heterocycles. The van der Waals surface area contributed by atoms with E-state index in [1.165, 1.54) is 12.8 Å². The number of carbonyl (C=O) groups excluding carboxylic acids is 4. The lowest BCUT2D eigenvalue weighted by atomic mass is 9.91. The van der Waals surface area contributed by atoms with Gasteiger partial charge in [0.1, 0.15) is 11.9 Å². The number of hydrogen-bond acceptors (Lipinski definition) is 12. The lowest BCUT2D eigenvalue weighted by Gasteiger charge is -2.47. The van der Waals surface area contributed by atoms with Crippen LogP contribution in [0.1, 0.15) is 84.2 Å². The highest BCUT2D eigenvalue weighted by Gasteiger charge is 2.45. The molecule has 5 aliphatic heterocycles. The molecule has 4 saturated heterocycles. The van der Waals surface area contributed by atoms with Gasteiger partial charge in [-0.25, -0.2) is 4.98 Å². The third kappa shape index (κ3) is 7.84. The number of piperidine rings is 3. The monoisotopic (exact) mass is 774 g/mol. The van der Waals surface area contributed by atoms with Crippen LogP contribution in [0, 0.1) is 17.2 Å². The van der Waals surface area contributed by atoms with Crippen LogP contribution in [-0.4, -0.2) is 120 Å². The second-order valence-corrected chi connectivity index (χ2v) is 16.8. The summed E-state index contributed by atoms with van der Waals surface area (Å²) in [5.74, 6) is 0.265. The first kappa shape index (κ1) is 38.5. The molecular weight excluding hydrogens is 721 g/mol. The smallest absolute Gasteiger partial charge is 0.262 e. The SMILES string of the molecule is CC1CN(c2cc(C(=N)c3cc(N)ccc3N)ccn2)CC(C)N1CC1CCN(CC2CCN(c3ccc4c(c3)C(=O)N(C3CCC(=O)NC3=O)C4=O)CC2)CC1.